The molecule has 0 radical (unpaired) electrons. The lowest BCUT2D eigenvalue weighted by molar-refractivity contribution is 0.144. The third-order valence-electron chi connectivity index (χ3n) is 4.65. The van der Waals surface area contributed by atoms with Crippen LogP contribution in [0.1, 0.15) is 44.9 Å². The highest BCUT2D eigenvalue weighted by Gasteiger charge is 2.35. The fourth-order valence-corrected chi connectivity index (χ4v) is 3.64. The fourth-order valence-electron chi connectivity index (χ4n) is 3.50. The highest BCUT2D eigenvalue weighted by molar-refractivity contribution is 6.29. The van der Waals surface area contributed by atoms with Crippen molar-refractivity contribution in [1.82, 2.24) is 9.97 Å². The zero-order valence-electron chi connectivity index (χ0n) is 10.7. The molecule has 0 bridgehead atoms. The second-order valence-electron chi connectivity index (χ2n) is 5.75. The van der Waals surface area contributed by atoms with Gasteiger partial charge in [-0.15, -0.1) is 0 Å². The second-order valence-corrected chi connectivity index (χ2v) is 6.13. The van der Waals surface area contributed by atoms with E-state index in [9.17, 15) is 0 Å². The number of nitrogens with zero attached hydrogens (tertiary/aromatic N) is 3. The molecule has 4 heteroatoms. The van der Waals surface area contributed by atoms with Gasteiger partial charge in [-0.25, -0.2) is 4.98 Å². The first-order valence-corrected chi connectivity index (χ1v) is 7.38. The number of hydrogen-bond acceptors (Lipinski definition) is 3. The van der Waals surface area contributed by atoms with E-state index in [0.29, 0.717) is 10.6 Å². The normalized spacial score (nSPS) is 23.3. The molecule has 0 atom stereocenters. The molecule has 1 saturated carbocycles. The first-order chi connectivity index (χ1) is 8.77. The molecule has 1 aliphatic heterocycles. The number of anilines is 1. The smallest absolute Gasteiger partial charge is 0.149 e. The molecule has 0 N–H and O–H groups in total. The van der Waals surface area contributed by atoms with Crippen molar-refractivity contribution in [1.29, 1.82) is 0 Å². The van der Waals surface area contributed by atoms with Gasteiger partial charge in [0, 0.05) is 13.1 Å². The van der Waals surface area contributed by atoms with E-state index in [-0.39, 0.29) is 0 Å². The van der Waals surface area contributed by atoms with Gasteiger partial charge in [0.2, 0.25) is 0 Å². The summed E-state index contributed by atoms with van der Waals surface area (Å²) >= 11 is 5.91. The molecular weight excluding hydrogens is 246 g/mol. The van der Waals surface area contributed by atoms with Crippen LogP contribution in [0.25, 0.3) is 0 Å². The molecule has 3 nitrogen and oxygen atoms in total. The van der Waals surface area contributed by atoms with Crippen molar-refractivity contribution in [3.63, 3.8) is 0 Å². The van der Waals surface area contributed by atoms with Gasteiger partial charge in [0.05, 0.1) is 12.4 Å². The van der Waals surface area contributed by atoms with Crippen LogP contribution in [0.4, 0.5) is 5.82 Å². The van der Waals surface area contributed by atoms with Gasteiger partial charge in [-0.2, -0.15) is 0 Å². The van der Waals surface area contributed by atoms with Crippen molar-refractivity contribution in [2.24, 2.45) is 5.41 Å². The number of hydrogen-bond donors (Lipinski definition) is 0. The Labute approximate surface area is 114 Å². The Bertz CT molecular complexity index is 405. The van der Waals surface area contributed by atoms with Crippen LogP contribution in [-0.2, 0) is 0 Å². The highest BCUT2D eigenvalue weighted by atomic mass is 35.5. The summed E-state index contributed by atoms with van der Waals surface area (Å²) in [6.07, 6.45) is 13.2. The average molecular weight is 266 g/mol. The van der Waals surface area contributed by atoms with Gasteiger partial charge < -0.3 is 4.90 Å². The Hall–Kier alpha value is -0.830. The highest BCUT2D eigenvalue weighted by Crippen LogP contribution is 2.44. The summed E-state index contributed by atoms with van der Waals surface area (Å²) in [6.45, 7) is 2.21. The van der Waals surface area contributed by atoms with Crippen LogP contribution in [0.5, 0.6) is 0 Å². The Morgan fingerprint density at radius 1 is 1.00 bits per heavy atom. The molecular formula is C14H20ClN3. The predicted molar refractivity (Wildman–Crippen MR) is 74.0 cm³/mol. The molecule has 0 aromatic carbocycles. The van der Waals surface area contributed by atoms with Crippen LogP contribution in [0.3, 0.4) is 0 Å². The minimum atomic E-state index is 0.491. The molecule has 1 aromatic heterocycles. The third kappa shape index (κ3) is 2.46. The lowest BCUT2D eigenvalue weighted by atomic mass is 9.68. The van der Waals surface area contributed by atoms with Gasteiger partial charge in [0.1, 0.15) is 11.0 Å². The summed E-state index contributed by atoms with van der Waals surface area (Å²) in [5, 5.41) is 0.491. The summed E-state index contributed by atoms with van der Waals surface area (Å²) in [5.74, 6) is 0.938. The zero-order chi connectivity index (χ0) is 12.4. The van der Waals surface area contributed by atoms with Crippen LogP contribution in [-0.4, -0.2) is 23.1 Å². The molecule has 2 aliphatic rings. The van der Waals surface area contributed by atoms with Crippen molar-refractivity contribution in [3.05, 3.63) is 17.5 Å². The van der Waals surface area contributed by atoms with Crippen molar-refractivity contribution < 1.29 is 0 Å². The molecule has 0 unspecified atom stereocenters. The maximum atomic E-state index is 5.91. The van der Waals surface area contributed by atoms with Crippen LogP contribution < -0.4 is 4.90 Å². The van der Waals surface area contributed by atoms with Crippen molar-refractivity contribution in [3.8, 4) is 0 Å². The number of aromatic nitrogens is 2. The molecule has 1 spiro atoms. The molecule has 0 amide bonds. The van der Waals surface area contributed by atoms with Gasteiger partial charge >= 0.3 is 0 Å². The van der Waals surface area contributed by atoms with Crippen molar-refractivity contribution >= 4 is 17.4 Å². The number of piperidine rings is 1. The Balaban J connectivity index is 1.66. The largest absolute Gasteiger partial charge is 0.355 e. The van der Waals surface area contributed by atoms with E-state index in [2.05, 4.69) is 14.9 Å². The van der Waals surface area contributed by atoms with E-state index in [1.165, 1.54) is 44.9 Å². The SMILES string of the molecule is Clc1cncc(N2CCC3(CCCCC3)CC2)n1. The fraction of sp³-hybridized carbons (Fsp3) is 0.714. The van der Waals surface area contributed by atoms with Gasteiger partial charge in [0.25, 0.3) is 0 Å². The molecule has 1 aliphatic carbocycles. The van der Waals surface area contributed by atoms with E-state index in [0.717, 1.165) is 18.9 Å². The van der Waals surface area contributed by atoms with Gasteiger partial charge in [-0.3, -0.25) is 4.98 Å². The predicted octanol–water partition coefficient (Wildman–Crippen LogP) is 3.68. The first-order valence-electron chi connectivity index (χ1n) is 7.00. The lowest BCUT2D eigenvalue weighted by Gasteiger charge is -2.44. The van der Waals surface area contributed by atoms with Crippen LogP contribution in [0.2, 0.25) is 5.15 Å². The minimum Gasteiger partial charge on any atom is -0.355 e. The van der Waals surface area contributed by atoms with E-state index in [1.807, 2.05) is 6.20 Å². The lowest BCUT2D eigenvalue weighted by Crippen LogP contribution is -2.41. The Morgan fingerprint density at radius 2 is 1.72 bits per heavy atom. The average Bonchev–Trinajstić information content (AvgIpc) is 2.40. The van der Waals surface area contributed by atoms with Crippen LogP contribution >= 0.6 is 11.6 Å². The molecule has 3 rings (SSSR count). The standard InChI is InChI=1S/C14H20ClN3/c15-12-10-16-11-13(17-12)18-8-6-14(7-9-18)4-2-1-3-5-14/h10-11H,1-9H2. The maximum Gasteiger partial charge on any atom is 0.149 e. The third-order valence-corrected chi connectivity index (χ3v) is 4.84. The summed E-state index contributed by atoms with van der Waals surface area (Å²) in [7, 11) is 0. The molecule has 2 heterocycles. The van der Waals surface area contributed by atoms with Crippen molar-refractivity contribution in [2.75, 3.05) is 18.0 Å². The van der Waals surface area contributed by atoms with Gasteiger partial charge in [0.15, 0.2) is 0 Å². The minimum absolute atomic E-state index is 0.491. The van der Waals surface area contributed by atoms with Crippen LogP contribution in [0, 0.1) is 5.41 Å². The quantitative estimate of drug-likeness (QED) is 0.776. The molecule has 1 saturated heterocycles. The van der Waals surface area contributed by atoms with Crippen molar-refractivity contribution in [2.45, 2.75) is 44.9 Å². The summed E-state index contributed by atoms with van der Waals surface area (Å²) in [6, 6.07) is 0. The zero-order valence-corrected chi connectivity index (χ0v) is 11.5. The number of rotatable bonds is 1. The maximum absolute atomic E-state index is 5.91. The molecule has 2 fully saturated rings. The van der Waals surface area contributed by atoms with Crippen LogP contribution in [0.15, 0.2) is 12.4 Å². The summed E-state index contributed by atoms with van der Waals surface area (Å²) in [4.78, 5) is 10.8. The molecule has 18 heavy (non-hydrogen) atoms. The van der Waals surface area contributed by atoms with E-state index in [1.54, 1.807) is 6.20 Å². The first kappa shape index (κ1) is 12.2. The summed E-state index contributed by atoms with van der Waals surface area (Å²) < 4.78 is 0. The topological polar surface area (TPSA) is 29.0 Å². The van der Waals surface area contributed by atoms with E-state index >= 15 is 0 Å². The molecule has 1 aromatic rings. The van der Waals surface area contributed by atoms with E-state index < -0.39 is 0 Å². The number of halogens is 1. The summed E-state index contributed by atoms with van der Waals surface area (Å²) in [5.41, 5.74) is 0.640. The Morgan fingerprint density at radius 3 is 2.39 bits per heavy atom. The monoisotopic (exact) mass is 265 g/mol. The molecule has 98 valence electrons. The van der Waals surface area contributed by atoms with Gasteiger partial charge in [-0.1, -0.05) is 30.9 Å². The van der Waals surface area contributed by atoms with Gasteiger partial charge in [-0.05, 0) is 31.1 Å². The Kier molecular flexibility index (Phi) is 3.42. The second kappa shape index (κ2) is 5.04. The van der Waals surface area contributed by atoms with E-state index in [4.69, 9.17) is 11.6 Å².